The molecule has 4 rings (SSSR count). The predicted octanol–water partition coefficient (Wildman–Crippen LogP) is 3.51. The number of thiazole rings is 1. The first kappa shape index (κ1) is 18.6. The van der Waals surface area contributed by atoms with Gasteiger partial charge >= 0.3 is 0 Å². The topological polar surface area (TPSA) is 99.2 Å². The SMILES string of the molecule is CNC(=O)c1cnc(Nc2ccc3ncsc3c2)cc1N[C@@H]1CCCC[C@H]1O. The van der Waals surface area contributed by atoms with Crippen molar-refractivity contribution in [2.75, 3.05) is 17.7 Å². The van der Waals surface area contributed by atoms with Gasteiger partial charge in [-0.05, 0) is 31.0 Å². The van der Waals surface area contributed by atoms with E-state index in [0.717, 1.165) is 41.6 Å². The van der Waals surface area contributed by atoms with Crippen molar-refractivity contribution in [1.29, 1.82) is 0 Å². The maximum absolute atomic E-state index is 12.3. The van der Waals surface area contributed by atoms with Crippen LogP contribution in [0, 0.1) is 0 Å². The zero-order chi connectivity index (χ0) is 19.5. The van der Waals surface area contributed by atoms with E-state index in [4.69, 9.17) is 0 Å². The maximum atomic E-state index is 12.3. The fourth-order valence-corrected chi connectivity index (χ4v) is 4.24. The quantitative estimate of drug-likeness (QED) is 0.526. The maximum Gasteiger partial charge on any atom is 0.254 e. The summed E-state index contributed by atoms with van der Waals surface area (Å²) in [5.41, 5.74) is 4.82. The van der Waals surface area contributed by atoms with Gasteiger partial charge < -0.3 is 21.1 Å². The van der Waals surface area contributed by atoms with Crippen molar-refractivity contribution < 1.29 is 9.90 Å². The van der Waals surface area contributed by atoms with Gasteiger partial charge in [-0.25, -0.2) is 9.97 Å². The van der Waals surface area contributed by atoms with Gasteiger partial charge in [-0.15, -0.1) is 11.3 Å². The average molecular weight is 398 g/mol. The van der Waals surface area contributed by atoms with Gasteiger partial charge in [-0.1, -0.05) is 12.8 Å². The van der Waals surface area contributed by atoms with Crippen LogP contribution in [0.4, 0.5) is 17.2 Å². The van der Waals surface area contributed by atoms with Crippen LogP contribution in [0.5, 0.6) is 0 Å². The number of anilines is 3. The molecule has 2 heterocycles. The minimum Gasteiger partial charge on any atom is -0.391 e. The van der Waals surface area contributed by atoms with Gasteiger partial charge in [0, 0.05) is 25.0 Å². The van der Waals surface area contributed by atoms with E-state index < -0.39 is 6.10 Å². The number of fused-ring (bicyclic) bond motifs is 1. The third-order valence-electron chi connectivity index (χ3n) is 5.05. The van der Waals surface area contributed by atoms with Crippen LogP contribution < -0.4 is 16.0 Å². The Labute approximate surface area is 167 Å². The van der Waals surface area contributed by atoms with Crippen molar-refractivity contribution in [2.24, 2.45) is 0 Å². The summed E-state index contributed by atoms with van der Waals surface area (Å²) < 4.78 is 1.09. The molecule has 4 N–H and O–H groups in total. The van der Waals surface area contributed by atoms with Crippen molar-refractivity contribution in [2.45, 2.75) is 37.8 Å². The molecule has 7 nitrogen and oxygen atoms in total. The summed E-state index contributed by atoms with van der Waals surface area (Å²) in [5.74, 6) is 0.419. The number of hydrogen-bond acceptors (Lipinski definition) is 7. The third kappa shape index (κ3) is 3.93. The average Bonchev–Trinajstić information content (AvgIpc) is 3.17. The summed E-state index contributed by atoms with van der Waals surface area (Å²) in [6.07, 6.45) is 4.90. The molecule has 0 bridgehead atoms. The molecule has 8 heteroatoms. The molecule has 1 amide bonds. The fourth-order valence-electron chi connectivity index (χ4n) is 3.52. The molecule has 1 saturated carbocycles. The number of carbonyl (C=O) groups excluding carboxylic acids is 1. The van der Waals surface area contributed by atoms with Crippen LogP contribution in [0.2, 0.25) is 0 Å². The second-order valence-corrected chi connectivity index (χ2v) is 7.84. The van der Waals surface area contributed by atoms with Gasteiger partial charge in [0.2, 0.25) is 0 Å². The highest BCUT2D eigenvalue weighted by Gasteiger charge is 2.24. The normalized spacial score (nSPS) is 19.4. The number of aliphatic hydroxyl groups excluding tert-OH is 1. The molecule has 1 fully saturated rings. The highest BCUT2D eigenvalue weighted by Crippen LogP contribution is 2.28. The van der Waals surface area contributed by atoms with E-state index in [9.17, 15) is 9.90 Å². The Morgan fingerprint density at radius 1 is 1.21 bits per heavy atom. The van der Waals surface area contributed by atoms with Gasteiger partial charge in [-0.2, -0.15) is 0 Å². The number of aromatic nitrogens is 2. The molecule has 2 aromatic heterocycles. The van der Waals surface area contributed by atoms with E-state index in [0.29, 0.717) is 17.1 Å². The molecule has 28 heavy (non-hydrogen) atoms. The molecule has 146 valence electrons. The largest absolute Gasteiger partial charge is 0.391 e. The first-order valence-corrected chi connectivity index (χ1v) is 10.3. The van der Waals surface area contributed by atoms with Crippen molar-refractivity contribution in [1.82, 2.24) is 15.3 Å². The molecule has 0 saturated heterocycles. The van der Waals surface area contributed by atoms with E-state index in [2.05, 4.69) is 25.9 Å². The van der Waals surface area contributed by atoms with E-state index in [1.807, 2.05) is 29.8 Å². The van der Waals surface area contributed by atoms with Crippen LogP contribution in [-0.4, -0.2) is 40.2 Å². The Balaban J connectivity index is 1.61. The van der Waals surface area contributed by atoms with E-state index in [1.165, 1.54) is 0 Å². The Morgan fingerprint density at radius 2 is 2.07 bits per heavy atom. The molecule has 1 aliphatic rings. The van der Waals surface area contributed by atoms with Crippen molar-refractivity contribution >= 4 is 44.7 Å². The van der Waals surface area contributed by atoms with Crippen LogP contribution in [0.25, 0.3) is 10.2 Å². The van der Waals surface area contributed by atoms with Gasteiger partial charge in [0.05, 0.1) is 39.1 Å². The van der Waals surface area contributed by atoms with Crippen molar-refractivity contribution in [3.05, 3.63) is 41.5 Å². The molecule has 0 spiro atoms. The molecule has 2 atom stereocenters. The molecule has 0 radical (unpaired) electrons. The molecular formula is C20H23N5O2S. The second-order valence-electron chi connectivity index (χ2n) is 6.96. The number of nitrogens with zero attached hydrogens (tertiary/aromatic N) is 2. The van der Waals surface area contributed by atoms with Gasteiger partial charge in [0.15, 0.2) is 0 Å². The lowest BCUT2D eigenvalue weighted by molar-refractivity contribution is 0.0962. The van der Waals surface area contributed by atoms with Crippen molar-refractivity contribution in [3.63, 3.8) is 0 Å². The smallest absolute Gasteiger partial charge is 0.254 e. The lowest BCUT2D eigenvalue weighted by Crippen LogP contribution is -2.37. The third-order valence-corrected chi connectivity index (χ3v) is 5.84. The number of hydrogen-bond donors (Lipinski definition) is 4. The van der Waals surface area contributed by atoms with Crippen molar-refractivity contribution in [3.8, 4) is 0 Å². The summed E-state index contributed by atoms with van der Waals surface area (Å²) in [4.78, 5) is 21.0. The van der Waals surface area contributed by atoms with Gasteiger partial charge in [0.1, 0.15) is 5.82 Å². The monoisotopic (exact) mass is 397 g/mol. The Kier molecular flexibility index (Phi) is 5.40. The number of benzene rings is 1. The van der Waals surface area contributed by atoms with Crippen LogP contribution in [0.15, 0.2) is 36.0 Å². The number of aliphatic hydroxyl groups is 1. The number of carbonyl (C=O) groups is 1. The lowest BCUT2D eigenvalue weighted by atomic mass is 9.92. The Bertz CT molecular complexity index is 990. The molecular weight excluding hydrogens is 374 g/mol. The molecule has 1 aromatic carbocycles. The Morgan fingerprint density at radius 3 is 2.89 bits per heavy atom. The van der Waals surface area contributed by atoms with E-state index in [1.54, 1.807) is 24.6 Å². The summed E-state index contributed by atoms with van der Waals surface area (Å²) in [5, 5.41) is 19.6. The predicted molar refractivity (Wildman–Crippen MR) is 112 cm³/mol. The number of amides is 1. The van der Waals surface area contributed by atoms with Crippen LogP contribution in [0.1, 0.15) is 36.0 Å². The fraction of sp³-hybridized carbons (Fsp3) is 0.350. The number of nitrogens with one attached hydrogen (secondary N) is 3. The Hall–Kier alpha value is -2.71. The van der Waals surface area contributed by atoms with E-state index in [-0.39, 0.29) is 11.9 Å². The standard InChI is InChI=1S/C20H23N5O2S/c1-21-20(27)13-10-22-19(9-16(13)25-14-4-2-3-5-17(14)26)24-12-6-7-15-18(8-12)28-11-23-15/h6-11,14,17,26H,2-5H2,1H3,(H,21,27)(H2,22,24,25)/t14-,17-/m1/s1. The first-order chi connectivity index (χ1) is 13.6. The highest BCUT2D eigenvalue weighted by atomic mass is 32.1. The highest BCUT2D eigenvalue weighted by molar-refractivity contribution is 7.16. The molecule has 0 aliphatic heterocycles. The molecule has 0 unspecified atom stereocenters. The van der Waals surface area contributed by atoms with E-state index >= 15 is 0 Å². The van der Waals surface area contributed by atoms with Crippen LogP contribution >= 0.6 is 11.3 Å². The second kappa shape index (κ2) is 8.12. The number of pyridine rings is 1. The van der Waals surface area contributed by atoms with Crippen LogP contribution in [-0.2, 0) is 0 Å². The minimum absolute atomic E-state index is 0.0686. The lowest BCUT2D eigenvalue weighted by Gasteiger charge is -2.30. The summed E-state index contributed by atoms with van der Waals surface area (Å²) >= 11 is 1.58. The first-order valence-electron chi connectivity index (χ1n) is 9.41. The van der Waals surface area contributed by atoms with Gasteiger partial charge in [0.25, 0.3) is 5.91 Å². The van der Waals surface area contributed by atoms with Gasteiger partial charge in [-0.3, -0.25) is 4.79 Å². The summed E-state index contributed by atoms with van der Waals surface area (Å²) in [7, 11) is 1.60. The summed E-state index contributed by atoms with van der Waals surface area (Å²) in [6, 6.07) is 7.70. The summed E-state index contributed by atoms with van der Waals surface area (Å²) in [6.45, 7) is 0. The minimum atomic E-state index is -0.412. The zero-order valence-corrected chi connectivity index (χ0v) is 16.4. The number of rotatable bonds is 5. The molecule has 3 aromatic rings. The zero-order valence-electron chi connectivity index (χ0n) is 15.6. The van der Waals surface area contributed by atoms with Crippen LogP contribution in [0.3, 0.4) is 0 Å². The molecule has 1 aliphatic carbocycles.